The Balaban J connectivity index is 2.65. The number of hydrogen-bond acceptors (Lipinski definition) is 4. The first kappa shape index (κ1) is 16.4. The van der Waals surface area contributed by atoms with Crippen molar-refractivity contribution in [3.05, 3.63) is 34.7 Å². The number of aryl methyl sites for hydroxylation is 1. The summed E-state index contributed by atoms with van der Waals surface area (Å²) in [5.74, 6) is 0.609. The van der Waals surface area contributed by atoms with Crippen LogP contribution in [0.3, 0.4) is 0 Å². The molecule has 118 valence electrons. The van der Waals surface area contributed by atoms with Crippen LogP contribution in [0.25, 0.3) is 11.1 Å². The lowest BCUT2D eigenvalue weighted by Gasteiger charge is -2.13. The smallest absolute Gasteiger partial charge is 0.255 e. The quantitative estimate of drug-likeness (QED) is 0.883. The van der Waals surface area contributed by atoms with Crippen molar-refractivity contribution in [3.8, 4) is 16.9 Å². The number of carbonyl (C=O) groups is 1. The van der Waals surface area contributed by atoms with E-state index < -0.39 is 0 Å². The molecule has 1 aromatic heterocycles. The summed E-state index contributed by atoms with van der Waals surface area (Å²) in [6.45, 7) is 5.93. The van der Waals surface area contributed by atoms with E-state index in [0.29, 0.717) is 10.6 Å². The Morgan fingerprint density at radius 3 is 2.64 bits per heavy atom. The number of anilines is 1. The number of nitrogens with one attached hydrogen (secondary N) is 1. The number of methoxy groups -OCH3 is 1. The van der Waals surface area contributed by atoms with Gasteiger partial charge >= 0.3 is 0 Å². The summed E-state index contributed by atoms with van der Waals surface area (Å²) < 4.78 is 5.46. The molecule has 0 bridgehead atoms. The van der Waals surface area contributed by atoms with Crippen molar-refractivity contribution >= 4 is 22.2 Å². The minimum Gasteiger partial charge on any atom is -0.496 e. The molecule has 1 heterocycles. The van der Waals surface area contributed by atoms with Crippen LogP contribution in [0.5, 0.6) is 5.75 Å². The van der Waals surface area contributed by atoms with Crippen molar-refractivity contribution in [2.45, 2.75) is 33.2 Å². The normalized spacial score (nSPS) is 10.8. The average molecular weight is 318 g/mol. The molecule has 0 aliphatic heterocycles. The molecular weight excluding hydrogens is 296 g/mol. The van der Waals surface area contributed by atoms with Crippen LogP contribution in [0.2, 0.25) is 0 Å². The number of rotatable bonds is 5. The summed E-state index contributed by atoms with van der Waals surface area (Å²) in [6, 6.07) is 7.77. The molecule has 0 aliphatic carbocycles. The largest absolute Gasteiger partial charge is 0.496 e. The molecule has 0 spiro atoms. The van der Waals surface area contributed by atoms with Gasteiger partial charge in [-0.1, -0.05) is 25.1 Å². The molecule has 0 saturated carbocycles. The Morgan fingerprint density at radius 1 is 1.36 bits per heavy atom. The standard InChI is InChI=1S/C17H22N2O2S/c1-5-13-14(11-8-6-7-9-12(11)21-4)15(16(18)22-13)17(20)19-10(2)3/h6-10H,5,18H2,1-4H3,(H,19,20). The van der Waals surface area contributed by atoms with Gasteiger partial charge in [0.2, 0.25) is 0 Å². The zero-order valence-electron chi connectivity index (χ0n) is 13.4. The second-order valence-corrected chi connectivity index (χ2v) is 6.46. The summed E-state index contributed by atoms with van der Waals surface area (Å²) in [6.07, 6.45) is 0.817. The van der Waals surface area contributed by atoms with E-state index in [0.717, 1.165) is 28.2 Å². The molecule has 3 N–H and O–H groups in total. The highest BCUT2D eigenvalue weighted by Gasteiger charge is 2.24. The Hall–Kier alpha value is -2.01. The first-order chi connectivity index (χ1) is 10.5. The third kappa shape index (κ3) is 3.09. The Kier molecular flexibility index (Phi) is 5.08. The molecular formula is C17H22N2O2S. The molecule has 0 fully saturated rings. The van der Waals surface area contributed by atoms with Crippen LogP contribution >= 0.6 is 11.3 Å². The number of nitrogen functional groups attached to an aromatic ring is 1. The van der Waals surface area contributed by atoms with Crippen LogP contribution in [0.1, 0.15) is 36.0 Å². The molecule has 2 rings (SSSR count). The molecule has 1 aromatic carbocycles. The van der Waals surface area contributed by atoms with E-state index in [-0.39, 0.29) is 11.9 Å². The lowest BCUT2D eigenvalue weighted by molar-refractivity contribution is 0.0945. The number of nitrogens with two attached hydrogens (primary N) is 1. The number of ether oxygens (including phenoxy) is 1. The van der Waals surface area contributed by atoms with Gasteiger partial charge in [0.15, 0.2) is 0 Å². The molecule has 0 radical (unpaired) electrons. The maximum absolute atomic E-state index is 12.6. The number of benzene rings is 1. The van der Waals surface area contributed by atoms with Gasteiger partial charge in [0, 0.05) is 22.0 Å². The lowest BCUT2D eigenvalue weighted by Crippen LogP contribution is -2.30. The van der Waals surface area contributed by atoms with Crippen LogP contribution in [0, 0.1) is 0 Å². The maximum Gasteiger partial charge on any atom is 0.255 e. The molecule has 1 amide bonds. The van der Waals surface area contributed by atoms with Crippen LogP contribution in [-0.4, -0.2) is 19.1 Å². The van der Waals surface area contributed by atoms with Crippen molar-refractivity contribution in [3.63, 3.8) is 0 Å². The number of para-hydroxylation sites is 1. The van der Waals surface area contributed by atoms with Gasteiger partial charge in [-0.15, -0.1) is 11.3 Å². The highest BCUT2D eigenvalue weighted by molar-refractivity contribution is 7.17. The Labute approximate surface area is 135 Å². The zero-order valence-corrected chi connectivity index (χ0v) is 14.2. The van der Waals surface area contributed by atoms with Gasteiger partial charge in [0.1, 0.15) is 5.75 Å². The SMILES string of the molecule is CCc1sc(N)c(C(=O)NC(C)C)c1-c1ccccc1OC. The molecule has 4 nitrogen and oxygen atoms in total. The number of thiophene rings is 1. The van der Waals surface area contributed by atoms with Gasteiger partial charge in [0.25, 0.3) is 5.91 Å². The predicted octanol–water partition coefficient (Wildman–Crippen LogP) is 3.71. The van der Waals surface area contributed by atoms with Gasteiger partial charge in [-0.3, -0.25) is 4.79 Å². The van der Waals surface area contributed by atoms with Crippen LogP contribution in [0.15, 0.2) is 24.3 Å². The Bertz CT molecular complexity index is 677. The average Bonchev–Trinajstić information content (AvgIpc) is 2.83. The fourth-order valence-electron chi connectivity index (χ4n) is 2.44. The molecule has 22 heavy (non-hydrogen) atoms. The Morgan fingerprint density at radius 2 is 2.05 bits per heavy atom. The third-order valence-corrected chi connectivity index (χ3v) is 4.52. The van der Waals surface area contributed by atoms with Crippen molar-refractivity contribution in [1.29, 1.82) is 0 Å². The second-order valence-electron chi connectivity index (χ2n) is 5.32. The number of amides is 1. The van der Waals surface area contributed by atoms with Crippen molar-refractivity contribution in [2.24, 2.45) is 0 Å². The fourth-order valence-corrected chi connectivity index (χ4v) is 3.46. The van der Waals surface area contributed by atoms with E-state index in [9.17, 15) is 4.79 Å². The maximum atomic E-state index is 12.6. The third-order valence-electron chi connectivity index (χ3n) is 3.35. The van der Waals surface area contributed by atoms with E-state index in [4.69, 9.17) is 10.5 Å². The highest BCUT2D eigenvalue weighted by atomic mass is 32.1. The summed E-state index contributed by atoms with van der Waals surface area (Å²) in [5, 5.41) is 3.48. The molecule has 0 aliphatic rings. The first-order valence-corrected chi connectivity index (χ1v) is 8.16. The topological polar surface area (TPSA) is 64.4 Å². The van der Waals surface area contributed by atoms with Crippen LogP contribution in [-0.2, 0) is 6.42 Å². The second kappa shape index (κ2) is 6.83. The predicted molar refractivity (Wildman–Crippen MR) is 92.7 cm³/mol. The summed E-state index contributed by atoms with van der Waals surface area (Å²) >= 11 is 1.47. The number of carbonyl (C=O) groups excluding carboxylic acids is 1. The van der Waals surface area contributed by atoms with E-state index in [1.807, 2.05) is 38.1 Å². The van der Waals surface area contributed by atoms with Crippen molar-refractivity contribution < 1.29 is 9.53 Å². The molecule has 0 unspecified atom stereocenters. The van der Waals surface area contributed by atoms with E-state index in [2.05, 4.69) is 12.2 Å². The van der Waals surface area contributed by atoms with Crippen LogP contribution < -0.4 is 15.8 Å². The van der Waals surface area contributed by atoms with Gasteiger partial charge in [-0.25, -0.2) is 0 Å². The lowest BCUT2D eigenvalue weighted by atomic mass is 9.98. The minimum absolute atomic E-state index is 0.0578. The fraction of sp³-hybridized carbons (Fsp3) is 0.353. The first-order valence-electron chi connectivity index (χ1n) is 7.34. The van der Waals surface area contributed by atoms with Gasteiger partial charge in [0.05, 0.1) is 17.7 Å². The van der Waals surface area contributed by atoms with E-state index >= 15 is 0 Å². The monoisotopic (exact) mass is 318 g/mol. The van der Waals surface area contributed by atoms with Gasteiger partial charge < -0.3 is 15.8 Å². The van der Waals surface area contributed by atoms with Crippen molar-refractivity contribution in [2.75, 3.05) is 12.8 Å². The summed E-state index contributed by atoms with van der Waals surface area (Å²) in [5.41, 5.74) is 8.49. The van der Waals surface area contributed by atoms with Crippen molar-refractivity contribution in [1.82, 2.24) is 5.32 Å². The number of hydrogen-bond donors (Lipinski definition) is 2. The van der Waals surface area contributed by atoms with E-state index in [1.165, 1.54) is 11.3 Å². The molecule has 0 saturated heterocycles. The summed E-state index contributed by atoms with van der Waals surface area (Å²) in [7, 11) is 1.63. The van der Waals surface area contributed by atoms with E-state index in [1.54, 1.807) is 7.11 Å². The summed E-state index contributed by atoms with van der Waals surface area (Å²) in [4.78, 5) is 13.7. The van der Waals surface area contributed by atoms with Gasteiger partial charge in [-0.05, 0) is 26.3 Å². The van der Waals surface area contributed by atoms with Gasteiger partial charge in [-0.2, -0.15) is 0 Å². The highest BCUT2D eigenvalue weighted by Crippen LogP contribution is 2.42. The zero-order chi connectivity index (χ0) is 16.3. The molecule has 5 heteroatoms. The molecule has 2 aromatic rings. The molecule has 0 atom stereocenters. The minimum atomic E-state index is -0.135. The van der Waals surface area contributed by atoms with Crippen LogP contribution in [0.4, 0.5) is 5.00 Å².